The van der Waals surface area contributed by atoms with Crippen LogP contribution in [-0.4, -0.2) is 7.11 Å². The molecule has 0 unspecified atom stereocenters. The van der Waals surface area contributed by atoms with Crippen LogP contribution in [0.25, 0.3) is 5.57 Å². The van der Waals surface area contributed by atoms with Gasteiger partial charge < -0.3 is 4.74 Å². The van der Waals surface area contributed by atoms with Crippen LogP contribution in [0.5, 0.6) is 5.75 Å². The molecule has 0 aliphatic heterocycles. The van der Waals surface area contributed by atoms with E-state index in [1.807, 2.05) is 11.3 Å². The van der Waals surface area contributed by atoms with E-state index in [1.54, 1.807) is 7.11 Å². The number of ether oxygens (including phenoxy) is 1. The molecule has 0 saturated heterocycles. The minimum Gasteiger partial charge on any atom is -0.497 e. The zero-order valence-corrected chi connectivity index (χ0v) is 14.5. The molecule has 0 radical (unpaired) electrons. The summed E-state index contributed by atoms with van der Waals surface area (Å²) in [5.41, 5.74) is 4.16. The monoisotopic (exact) mass is 332 g/mol. The zero-order chi connectivity index (χ0) is 16.4. The standard InChI is InChI=1S/C22H20OS/c1-23-19-11-9-17(10-12-19)20-14-18(16-6-3-2-4-7-16)15-21(20)22-8-5-13-24-22/h2-14,20-21H,15H2,1H3/t20-,21+/m1/s1. The van der Waals surface area contributed by atoms with E-state index in [0.717, 1.165) is 12.2 Å². The van der Waals surface area contributed by atoms with Crippen molar-refractivity contribution in [3.05, 3.63) is 94.2 Å². The molecule has 1 aliphatic carbocycles. The van der Waals surface area contributed by atoms with Crippen molar-refractivity contribution in [2.24, 2.45) is 0 Å². The van der Waals surface area contributed by atoms with Gasteiger partial charge >= 0.3 is 0 Å². The van der Waals surface area contributed by atoms with Crippen LogP contribution in [0.15, 0.2) is 78.2 Å². The molecule has 2 atom stereocenters. The molecule has 3 aromatic rings. The highest BCUT2D eigenvalue weighted by Gasteiger charge is 2.31. The number of rotatable bonds is 4. The Labute approximate surface area is 147 Å². The molecule has 0 N–H and O–H groups in total. The van der Waals surface area contributed by atoms with Gasteiger partial charge in [0, 0.05) is 16.7 Å². The van der Waals surface area contributed by atoms with Crippen LogP contribution in [0.3, 0.4) is 0 Å². The fraction of sp³-hybridized carbons (Fsp3) is 0.182. The largest absolute Gasteiger partial charge is 0.497 e. The molecule has 4 rings (SSSR count). The van der Waals surface area contributed by atoms with Crippen LogP contribution in [-0.2, 0) is 0 Å². The van der Waals surface area contributed by atoms with Crippen molar-refractivity contribution in [2.45, 2.75) is 18.3 Å². The van der Waals surface area contributed by atoms with Gasteiger partial charge in [0.15, 0.2) is 0 Å². The highest BCUT2D eigenvalue weighted by Crippen LogP contribution is 2.48. The second kappa shape index (κ2) is 6.66. The average Bonchev–Trinajstić information content (AvgIpc) is 3.32. The fourth-order valence-electron chi connectivity index (χ4n) is 3.57. The molecular formula is C22H20OS. The van der Waals surface area contributed by atoms with Gasteiger partial charge in [-0.15, -0.1) is 11.3 Å². The average molecular weight is 332 g/mol. The normalized spacial score (nSPS) is 20.0. The second-order valence-electron chi connectivity index (χ2n) is 6.18. The highest BCUT2D eigenvalue weighted by molar-refractivity contribution is 7.10. The fourth-order valence-corrected chi connectivity index (χ4v) is 4.44. The maximum Gasteiger partial charge on any atom is 0.118 e. The first-order valence-corrected chi connectivity index (χ1v) is 9.16. The van der Waals surface area contributed by atoms with Crippen molar-refractivity contribution in [2.75, 3.05) is 7.11 Å². The lowest BCUT2D eigenvalue weighted by atomic mass is 9.87. The smallest absolute Gasteiger partial charge is 0.118 e. The Morgan fingerprint density at radius 3 is 2.38 bits per heavy atom. The number of methoxy groups -OCH3 is 1. The van der Waals surface area contributed by atoms with E-state index in [1.165, 1.54) is 21.6 Å². The Kier molecular flexibility index (Phi) is 4.22. The number of hydrogen-bond donors (Lipinski definition) is 0. The van der Waals surface area contributed by atoms with Crippen LogP contribution in [0.2, 0.25) is 0 Å². The van der Waals surface area contributed by atoms with Gasteiger partial charge in [0.05, 0.1) is 7.11 Å². The lowest BCUT2D eigenvalue weighted by Crippen LogP contribution is -2.03. The maximum atomic E-state index is 5.31. The summed E-state index contributed by atoms with van der Waals surface area (Å²) >= 11 is 1.87. The summed E-state index contributed by atoms with van der Waals surface area (Å²) in [6.07, 6.45) is 3.56. The Balaban J connectivity index is 1.72. The molecule has 0 amide bonds. The highest BCUT2D eigenvalue weighted by atomic mass is 32.1. The molecule has 0 saturated carbocycles. The minimum atomic E-state index is 0.421. The summed E-state index contributed by atoms with van der Waals surface area (Å²) in [5, 5.41) is 2.18. The zero-order valence-electron chi connectivity index (χ0n) is 13.7. The van der Waals surface area contributed by atoms with E-state index in [2.05, 4.69) is 78.2 Å². The molecule has 1 aliphatic rings. The summed E-state index contributed by atoms with van der Waals surface area (Å²) < 4.78 is 5.31. The van der Waals surface area contributed by atoms with E-state index in [-0.39, 0.29) is 0 Å². The topological polar surface area (TPSA) is 9.23 Å². The van der Waals surface area contributed by atoms with Crippen LogP contribution in [0.4, 0.5) is 0 Å². The third kappa shape index (κ3) is 2.90. The summed E-state index contributed by atoms with van der Waals surface area (Å²) in [7, 11) is 1.71. The molecular weight excluding hydrogens is 312 g/mol. The Morgan fingerprint density at radius 2 is 1.71 bits per heavy atom. The molecule has 120 valence electrons. The SMILES string of the molecule is COc1ccc([C@H]2C=C(c3ccccc3)C[C@@H]2c2cccs2)cc1. The van der Waals surface area contributed by atoms with Gasteiger partial charge in [0.25, 0.3) is 0 Å². The molecule has 24 heavy (non-hydrogen) atoms. The van der Waals surface area contributed by atoms with E-state index >= 15 is 0 Å². The van der Waals surface area contributed by atoms with Crippen molar-refractivity contribution in [1.82, 2.24) is 0 Å². The van der Waals surface area contributed by atoms with Crippen LogP contribution in [0.1, 0.15) is 34.3 Å². The van der Waals surface area contributed by atoms with Crippen molar-refractivity contribution in [3.8, 4) is 5.75 Å². The van der Waals surface area contributed by atoms with E-state index < -0.39 is 0 Å². The molecule has 2 heteroatoms. The van der Waals surface area contributed by atoms with Crippen LogP contribution >= 0.6 is 11.3 Å². The molecule has 1 aromatic heterocycles. The van der Waals surface area contributed by atoms with Crippen molar-refractivity contribution in [3.63, 3.8) is 0 Å². The number of allylic oxidation sites excluding steroid dienone is 2. The van der Waals surface area contributed by atoms with Gasteiger partial charge in [0.2, 0.25) is 0 Å². The maximum absolute atomic E-state index is 5.31. The lowest BCUT2D eigenvalue weighted by molar-refractivity contribution is 0.414. The Morgan fingerprint density at radius 1 is 0.917 bits per heavy atom. The third-order valence-electron chi connectivity index (χ3n) is 4.81. The van der Waals surface area contributed by atoms with E-state index in [4.69, 9.17) is 4.74 Å². The Hall–Kier alpha value is -2.32. The first kappa shape index (κ1) is 15.2. The summed E-state index contributed by atoms with van der Waals surface area (Å²) in [4.78, 5) is 1.47. The quantitative estimate of drug-likeness (QED) is 0.560. The molecule has 0 fully saturated rings. The lowest BCUT2D eigenvalue weighted by Gasteiger charge is -2.19. The third-order valence-corrected chi connectivity index (χ3v) is 5.81. The molecule has 0 bridgehead atoms. The second-order valence-corrected chi connectivity index (χ2v) is 7.16. The van der Waals surface area contributed by atoms with E-state index in [0.29, 0.717) is 11.8 Å². The molecule has 1 nitrogen and oxygen atoms in total. The van der Waals surface area contributed by atoms with Gasteiger partial charge in [-0.3, -0.25) is 0 Å². The predicted molar refractivity (Wildman–Crippen MR) is 102 cm³/mol. The van der Waals surface area contributed by atoms with Crippen molar-refractivity contribution in [1.29, 1.82) is 0 Å². The molecule has 2 aromatic carbocycles. The van der Waals surface area contributed by atoms with Crippen LogP contribution < -0.4 is 4.74 Å². The summed E-state index contributed by atoms with van der Waals surface area (Å²) in [6, 6.07) is 23.7. The van der Waals surface area contributed by atoms with Gasteiger partial charge in [-0.2, -0.15) is 0 Å². The summed E-state index contributed by atoms with van der Waals surface area (Å²) in [5.74, 6) is 1.86. The van der Waals surface area contributed by atoms with Gasteiger partial charge in [-0.1, -0.05) is 54.6 Å². The first-order valence-electron chi connectivity index (χ1n) is 8.28. The minimum absolute atomic E-state index is 0.421. The number of benzene rings is 2. The number of thiophene rings is 1. The van der Waals surface area contributed by atoms with E-state index in [9.17, 15) is 0 Å². The Bertz CT molecular complexity index is 816. The number of hydrogen-bond acceptors (Lipinski definition) is 2. The van der Waals surface area contributed by atoms with Crippen LogP contribution in [0, 0.1) is 0 Å². The van der Waals surface area contributed by atoms with Gasteiger partial charge in [-0.25, -0.2) is 0 Å². The van der Waals surface area contributed by atoms with Crippen molar-refractivity contribution < 1.29 is 4.74 Å². The molecule has 1 heterocycles. The van der Waals surface area contributed by atoms with Gasteiger partial charge in [0.1, 0.15) is 5.75 Å². The first-order chi connectivity index (χ1) is 11.8. The van der Waals surface area contributed by atoms with Crippen molar-refractivity contribution >= 4 is 16.9 Å². The predicted octanol–water partition coefficient (Wildman–Crippen LogP) is 6.11. The van der Waals surface area contributed by atoms with Gasteiger partial charge in [-0.05, 0) is 46.7 Å². The molecule has 0 spiro atoms. The summed E-state index contributed by atoms with van der Waals surface area (Å²) in [6.45, 7) is 0.